The van der Waals surface area contributed by atoms with Crippen LogP contribution in [-0.2, 0) is 6.42 Å². The van der Waals surface area contributed by atoms with Gasteiger partial charge in [-0.3, -0.25) is 0 Å². The topological polar surface area (TPSA) is 47.9 Å². The van der Waals surface area contributed by atoms with E-state index in [1.165, 1.54) is 14.2 Å². The second-order valence-corrected chi connectivity index (χ2v) is 4.66. The average molecular weight is 300 g/mol. The van der Waals surface area contributed by atoms with Crippen LogP contribution in [0.5, 0.6) is 23.0 Å². The highest BCUT2D eigenvalue weighted by atomic mass is 16.5. The van der Waals surface area contributed by atoms with Gasteiger partial charge in [0.2, 0.25) is 5.75 Å². The van der Waals surface area contributed by atoms with E-state index in [4.69, 9.17) is 14.2 Å². The molecule has 0 amide bonds. The summed E-state index contributed by atoms with van der Waals surface area (Å²) in [5.74, 6) is 1.35. The Labute approximate surface area is 130 Å². The summed E-state index contributed by atoms with van der Waals surface area (Å²) in [7, 11) is 4.57. The lowest BCUT2D eigenvalue weighted by atomic mass is 10.1. The summed E-state index contributed by atoms with van der Waals surface area (Å²) in [5.41, 5.74) is 1.76. The maximum Gasteiger partial charge on any atom is 0.203 e. The van der Waals surface area contributed by atoms with Crippen molar-refractivity contribution in [1.82, 2.24) is 0 Å². The minimum absolute atomic E-state index is 0.0383. The van der Waals surface area contributed by atoms with Crippen molar-refractivity contribution in [2.24, 2.45) is 0 Å². The highest BCUT2D eigenvalue weighted by molar-refractivity contribution is 5.62. The monoisotopic (exact) mass is 300 g/mol. The summed E-state index contributed by atoms with van der Waals surface area (Å²) in [5, 5.41) is 10.4. The SMILES string of the molecule is COc1cc(OC)c(OC)c(O)c1CC=Cc1ccccc1. The van der Waals surface area contributed by atoms with E-state index < -0.39 is 0 Å². The van der Waals surface area contributed by atoms with Crippen LogP contribution >= 0.6 is 0 Å². The summed E-state index contributed by atoms with van der Waals surface area (Å²) in [6, 6.07) is 11.7. The summed E-state index contributed by atoms with van der Waals surface area (Å²) >= 11 is 0. The van der Waals surface area contributed by atoms with Crippen LogP contribution in [-0.4, -0.2) is 26.4 Å². The van der Waals surface area contributed by atoms with Gasteiger partial charge in [-0.1, -0.05) is 42.5 Å². The molecule has 22 heavy (non-hydrogen) atoms. The van der Waals surface area contributed by atoms with Crippen LogP contribution in [0.25, 0.3) is 6.08 Å². The molecular weight excluding hydrogens is 280 g/mol. The van der Waals surface area contributed by atoms with E-state index in [0.29, 0.717) is 29.2 Å². The van der Waals surface area contributed by atoms with Gasteiger partial charge in [0.1, 0.15) is 5.75 Å². The molecular formula is C18H20O4. The molecule has 4 nitrogen and oxygen atoms in total. The highest BCUT2D eigenvalue weighted by Gasteiger charge is 2.18. The Morgan fingerprint density at radius 2 is 1.64 bits per heavy atom. The third-order valence-electron chi connectivity index (χ3n) is 3.36. The van der Waals surface area contributed by atoms with Crippen molar-refractivity contribution >= 4 is 6.08 Å². The van der Waals surface area contributed by atoms with E-state index in [1.54, 1.807) is 13.2 Å². The van der Waals surface area contributed by atoms with Crippen LogP contribution in [0, 0.1) is 0 Å². The molecule has 0 aliphatic rings. The largest absolute Gasteiger partial charge is 0.504 e. The van der Waals surface area contributed by atoms with Gasteiger partial charge < -0.3 is 19.3 Å². The normalized spacial score (nSPS) is 10.7. The quantitative estimate of drug-likeness (QED) is 0.884. The lowest BCUT2D eigenvalue weighted by Crippen LogP contribution is -1.98. The van der Waals surface area contributed by atoms with Crippen LogP contribution in [0.2, 0.25) is 0 Å². The van der Waals surface area contributed by atoms with E-state index in [2.05, 4.69) is 0 Å². The van der Waals surface area contributed by atoms with Crippen molar-refractivity contribution in [1.29, 1.82) is 0 Å². The van der Waals surface area contributed by atoms with Crippen molar-refractivity contribution in [2.45, 2.75) is 6.42 Å². The number of hydrogen-bond acceptors (Lipinski definition) is 4. The molecule has 0 unspecified atom stereocenters. The van der Waals surface area contributed by atoms with Crippen LogP contribution in [0.1, 0.15) is 11.1 Å². The zero-order valence-electron chi connectivity index (χ0n) is 13.0. The van der Waals surface area contributed by atoms with Crippen LogP contribution in [0.4, 0.5) is 0 Å². The Morgan fingerprint density at radius 1 is 0.955 bits per heavy atom. The first-order valence-corrected chi connectivity index (χ1v) is 6.93. The fourth-order valence-corrected chi connectivity index (χ4v) is 2.25. The molecule has 0 radical (unpaired) electrons. The van der Waals surface area contributed by atoms with Crippen molar-refractivity contribution in [2.75, 3.05) is 21.3 Å². The predicted molar refractivity (Wildman–Crippen MR) is 86.9 cm³/mol. The van der Waals surface area contributed by atoms with Gasteiger partial charge in [-0.25, -0.2) is 0 Å². The van der Waals surface area contributed by atoms with Crippen LogP contribution in [0.15, 0.2) is 42.5 Å². The molecule has 0 atom stereocenters. The van der Waals surface area contributed by atoms with E-state index >= 15 is 0 Å². The molecule has 2 aromatic rings. The maximum atomic E-state index is 10.4. The molecule has 0 saturated heterocycles. The lowest BCUT2D eigenvalue weighted by Gasteiger charge is -2.15. The highest BCUT2D eigenvalue weighted by Crippen LogP contribution is 2.44. The molecule has 0 aliphatic carbocycles. The molecule has 0 heterocycles. The van der Waals surface area contributed by atoms with E-state index in [0.717, 1.165) is 5.56 Å². The van der Waals surface area contributed by atoms with Crippen molar-refractivity contribution in [3.8, 4) is 23.0 Å². The number of methoxy groups -OCH3 is 3. The van der Waals surface area contributed by atoms with Gasteiger partial charge in [-0.2, -0.15) is 0 Å². The number of ether oxygens (including phenoxy) is 3. The van der Waals surface area contributed by atoms with Crippen molar-refractivity contribution in [3.05, 3.63) is 53.6 Å². The van der Waals surface area contributed by atoms with Gasteiger partial charge in [0, 0.05) is 11.6 Å². The number of phenols is 1. The summed E-state index contributed by atoms with van der Waals surface area (Å²) < 4.78 is 15.8. The van der Waals surface area contributed by atoms with E-state index in [-0.39, 0.29) is 5.75 Å². The number of phenolic OH excluding ortho intramolecular Hbond substituents is 1. The molecule has 0 spiro atoms. The predicted octanol–water partition coefficient (Wildman–Crippen LogP) is 3.67. The van der Waals surface area contributed by atoms with Gasteiger partial charge in [0.15, 0.2) is 11.5 Å². The molecule has 0 fully saturated rings. The van der Waals surface area contributed by atoms with Crippen LogP contribution < -0.4 is 14.2 Å². The first kappa shape index (κ1) is 15.8. The third-order valence-corrected chi connectivity index (χ3v) is 3.36. The molecule has 4 heteroatoms. The third kappa shape index (κ3) is 3.34. The second kappa shape index (κ2) is 7.41. The molecule has 0 saturated carbocycles. The van der Waals surface area contributed by atoms with Crippen LogP contribution in [0.3, 0.4) is 0 Å². The molecule has 0 aliphatic heterocycles. The smallest absolute Gasteiger partial charge is 0.203 e. The van der Waals surface area contributed by atoms with E-state index in [9.17, 15) is 5.11 Å². The first-order valence-electron chi connectivity index (χ1n) is 6.93. The number of hydrogen-bond donors (Lipinski definition) is 1. The van der Waals surface area contributed by atoms with Gasteiger partial charge in [-0.15, -0.1) is 0 Å². The minimum atomic E-state index is 0.0383. The van der Waals surface area contributed by atoms with Gasteiger partial charge in [0.25, 0.3) is 0 Å². The Hall–Kier alpha value is -2.62. The summed E-state index contributed by atoms with van der Waals surface area (Å²) in [4.78, 5) is 0. The first-order chi connectivity index (χ1) is 10.7. The minimum Gasteiger partial charge on any atom is -0.504 e. The second-order valence-electron chi connectivity index (χ2n) is 4.66. The lowest BCUT2D eigenvalue weighted by molar-refractivity contribution is 0.324. The fraction of sp³-hybridized carbons (Fsp3) is 0.222. The van der Waals surface area contributed by atoms with Gasteiger partial charge in [-0.05, 0) is 12.0 Å². The zero-order chi connectivity index (χ0) is 15.9. The molecule has 0 bridgehead atoms. The molecule has 0 aromatic heterocycles. The standard InChI is InChI=1S/C18H20O4/c1-20-15-12-16(21-2)18(22-3)17(19)14(15)11-7-10-13-8-5-4-6-9-13/h4-10,12,19H,11H2,1-3H3. The van der Waals surface area contributed by atoms with Crippen molar-refractivity contribution < 1.29 is 19.3 Å². The van der Waals surface area contributed by atoms with Crippen molar-refractivity contribution in [3.63, 3.8) is 0 Å². The molecule has 2 rings (SSSR count). The van der Waals surface area contributed by atoms with Gasteiger partial charge in [0.05, 0.1) is 21.3 Å². The van der Waals surface area contributed by atoms with Gasteiger partial charge >= 0.3 is 0 Å². The molecule has 2 aromatic carbocycles. The molecule has 116 valence electrons. The maximum absolute atomic E-state index is 10.4. The Kier molecular flexibility index (Phi) is 5.31. The number of aromatic hydroxyl groups is 1. The van der Waals surface area contributed by atoms with E-state index in [1.807, 2.05) is 42.5 Å². The Balaban J connectivity index is 2.31. The molecule has 1 N–H and O–H groups in total. The average Bonchev–Trinajstić information content (AvgIpc) is 2.56. The fourth-order valence-electron chi connectivity index (χ4n) is 2.25. The summed E-state index contributed by atoms with van der Waals surface area (Å²) in [6.07, 6.45) is 4.48. The Morgan fingerprint density at radius 3 is 2.23 bits per heavy atom. The Bertz CT molecular complexity index is 648. The number of rotatable bonds is 6. The number of benzene rings is 2. The summed E-state index contributed by atoms with van der Waals surface area (Å²) in [6.45, 7) is 0. The number of allylic oxidation sites excluding steroid dienone is 1. The zero-order valence-corrected chi connectivity index (χ0v) is 13.0.